The number of rotatable bonds is 5. The Morgan fingerprint density at radius 1 is 1.33 bits per heavy atom. The lowest BCUT2D eigenvalue weighted by molar-refractivity contribution is 0.0526. The third-order valence-electron chi connectivity index (χ3n) is 3.73. The molecule has 0 unspecified atom stereocenters. The fourth-order valence-electron chi connectivity index (χ4n) is 2.30. The molecule has 0 radical (unpaired) electrons. The molecule has 0 heterocycles. The highest BCUT2D eigenvalue weighted by atomic mass is 16.3. The van der Waals surface area contributed by atoms with E-state index in [1.54, 1.807) is 0 Å². The molecule has 0 saturated heterocycles. The number of amides is 1. The van der Waals surface area contributed by atoms with E-state index < -0.39 is 0 Å². The summed E-state index contributed by atoms with van der Waals surface area (Å²) in [6.07, 6.45) is 4.31. The van der Waals surface area contributed by atoms with Gasteiger partial charge in [0.1, 0.15) is 0 Å². The molecule has 3 heteroatoms. The molecular weight excluding hydrogens is 226 g/mol. The summed E-state index contributed by atoms with van der Waals surface area (Å²) in [5.41, 5.74) is 1.97. The Labute approximate surface area is 108 Å². The highest BCUT2D eigenvalue weighted by Gasteiger charge is 2.28. The summed E-state index contributed by atoms with van der Waals surface area (Å²) in [6, 6.07) is 8.13. The first-order chi connectivity index (χ1) is 8.76. The van der Waals surface area contributed by atoms with Gasteiger partial charge in [0.15, 0.2) is 0 Å². The van der Waals surface area contributed by atoms with Gasteiger partial charge in [0, 0.05) is 18.2 Å². The lowest BCUT2D eigenvalue weighted by atomic mass is 9.91. The van der Waals surface area contributed by atoms with Crippen molar-refractivity contribution in [2.24, 2.45) is 0 Å². The zero-order valence-electron chi connectivity index (χ0n) is 10.9. The van der Waals surface area contributed by atoms with Crippen LogP contribution in [0.5, 0.6) is 0 Å². The van der Waals surface area contributed by atoms with Crippen molar-refractivity contribution in [3.63, 3.8) is 0 Å². The molecule has 1 N–H and O–H groups in total. The van der Waals surface area contributed by atoms with Crippen molar-refractivity contribution >= 4 is 5.91 Å². The van der Waals surface area contributed by atoms with Crippen LogP contribution in [0.2, 0.25) is 0 Å². The Balaban J connectivity index is 2.10. The third-order valence-corrected chi connectivity index (χ3v) is 3.73. The van der Waals surface area contributed by atoms with E-state index in [4.69, 9.17) is 5.11 Å². The van der Waals surface area contributed by atoms with E-state index in [1.807, 2.05) is 29.2 Å². The highest BCUT2D eigenvalue weighted by Crippen LogP contribution is 2.26. The molecule has 1 aromatic carbocycles. The molecule has 1 aliphatic carbocycles. The Morgan fingerprint density at radius 3 is 2.44 bits per heavy atom. The van der Waals surface area contributed by atoms with E-state index in [-0.39, 0.29) is 12.5 Å². The van der Waals surface area contributed by atoms with Crippen molar-refractivity contribution in [3.05, 3.63) is 35.4 Å². The van der Waals surface area contributed by atoms with Crippen LogP contribution >= 0.6 is 0 Å². The minimum atomic E-state index is 0.0370. The number of benzene rings is 1. The lowest BCUT2D eigenvalue weighted by Crippen LogP contribution is -2.45. The van der Waals surface area contributed by atoms with Crippen LogP contribution in [0, 0.1) is 0 Å². The predicted octanol–water partition coefficient (Wildman–Crippen LogP) is 2.24. The molecule has 3 nitrogen and oxygen atoms in total. The summed E-state index contributed by atoms with van der Waals surface area (Å²) >= 11 is 0. The summed E-state index contributed by atoms with van der Waals surface area (Å²) in [5, 5.41) is 9.09. The molecule has 2 rings (SSSR count). The minimum absolute atomic E-state index is 0.0370. The number of aliphatic hydroxyl groups is 1. The average Bonchev–Trinajstić information content (AvgIpc) is 2.35. The molecule has 1 fully saturated rings. The predicted molar refractivity (Wildman–Crippen MR) is 71.6 cm³/mol. The molecule has 1 aromatic rings. The number of nitrogens with zero attached hydrogens (tertiary/aromatic N) is 1. The summed E-state index contributed by atoms with van der Waals surface area (Å²) < 4.78 is 0. The zero-order chi connectivity index (χ0) is 13.0. The van der Waals surface area contributed by atoms with Gasteiger partial charge < -0.3 is 10.0 Å². The number of aryl methyl sites for hydroxylation is 1. The molecule has 0 atom stereocenters. The molecule has 0 bridgehead atoms. The van der Waals surface area contributed by atoms with Crippen molar-refractivity contribution in [3.8, 4) is 0 Å². The van der Waals surface area contributed by atoms with Gasteiger partial charge in [0.25, 0.3) is 5.91 Å². The SMILES string of the molecule is CCc1ccc(C(=O)N(CCO)C2CCC2)cc1. The average molecular weight is 247 g/mol. The summed E-state index contributed by atoms with van der Waals surface area (Å²) in [4.78, 5) is 14.2. The first-order valence-corrected chi connectivity index (χ1v) is 6.77. The number of hydrogen-bond donors (Lipinski definition) is 1. The smallest absolute Gasteiger partial charge is 0.254 e. The Morgan fingerprint density at radius 2 is 2.00 bits per heavy atom. The van der Waals surface area contributed by atoms with Gasteiger partial charge in [0.05, 0.1) is 6.61 Å². The topological polar surface area (TPSA) is 40.5 Å². The Bertz CT molecular complexity index is 395. The van der Waals surface area contributed by atoms with Crippen molar-refractivity contribution in [1.82, 2.24) is 4.90 Å². The third kappa shape index (κ3) is 2.72. The second kappa shape index (κ2) is 6.01. The van der Waals surface area contributed by atoms with E-state index in [2.05, 4.69) is 6.92 Å². The fraction of sp³-hybridized carbons (Fsp3) is 0.533. The number of hydrogen-bond acceptors (Lipinski definition) is 2. The standard InChI is InChI=1S/C15H21NO2/c1-2-12-6-8-13(9-7-12)15(18)16(10-11-17)14-4-3-5-14/h6-9,14,17H,2-5,10-11H2,1H3. The highest BCUT2D eigenvalue weighted by molar-refractivity contribution is 5.94. The normalized spacial score (nSPS) is 15.2. The molecule has 0 aromatic heterocycles. The second-order valence-electron chi connectivity index (χ2n) is 4.86. The van der Waals surface area contributed by atoms with E-state index >= 15 is 0 Å². The molecule has 0 aliphatic heterocycles. The van der Waals surface area contributed by atoms with Crippen molar-refractivity contribution in [2.75, 3.05) is 13.2 Å². The van der Waals surface area contributed by atoms with E-state index in [0.717, 1.165) is 24.8 Å². The molecule has 0 spiro atoms. The van der Waals surface area contributed by atoms with Crippen LogP contribution in [0.25, 0.3) is 0 Å². The maximum absolute atomic E-state index is 12.4. The lowest BCUT2D eigenvalue weighted by Gasteiger charge is -2.37. The van der Waals surface area contributed by atoms with Crippen LogP contribution < -0.4 is 0 Å². The van der Waals surface area contributed by atoms with Crippen LogP contribution in [-0.2, 0) is 6.42 Å². The minimum Gasteiger partial charge on any atom is -0.395 e. The van der Waals surface area contributed by atoms with Crippen molar-refractivity contribution < 1.29 is 9.90 Å². The molecular formula is C15H21NO2. The summed E-state index contributed by atoms with van der Waals surface area (Å²) in [5.74, 6) is 0.0522. The zero-order valence-corrected chi connectivity index (χ0v) is 10.9. The van der Waals surface area contributed by atoms with E-state index in [0.29, 0.717) is 12.6 Å². The van der Waals surface area contributed by atoms with E-state index in [9.17, 15) is 4.79 Å². The van der Waals surface area contributed by atoms with Gasteiger partial charge >= 0.3 is 0 Å². The van der Waals surface area contributed by atoms with Crippen molar-refractivity contribution in [1.29, 1.82) is 0 Å². The van der Waals surface area contributed by atoms with Gasteiger partial charge in [-0.05, 0) is 43.4 Å². The first kappa shape index (κ1) is 13.1. The quantitative estimate of drug-likeness (QED) is 0.867. The van der Waals surface area contributed by atoms with Crippen LogP contribution in [0.4, 0.5) is 0 Å². The number of carbonyl (C=O) groups excluding carboxylic acids is 1. The molecule has 98 valence electrons. The fourth-order valence-corrected chi connectivity index (χ4v) is 2.30. The second-order valence-corrected chi connectivity index (χ2v) is 4.86. The maximum atomic E-state index is 12.4. The molecule has 18 heavy (non-hydrogen) atoms. The van der Waals surface area contributed by atoms with Gasteiger partial charge in [-0.2, -0.15) is 0 Å². The summed E-state index contributed by atoms with van der Waals surface area (Å²) in [6.45, 7) is 2.58. The molecule has 1 amide bonds. The monoisotopic (exact) mass is 247 g/mol. The largest absolute Gasteiger partial charge is 0.395 e. The van der Waals surface area contributed by atoms with Crippen molar-refractivity contribution in [2.45, 2.75) is 38.6 Å². The van der Waals surface area contributed by atoms with Crippen LogP contribution in [0.3, 0.4) is 0 Å². The van der Waals surface area contributed by atoms with Gasteiger partial charge in [-0.3, -0.25) is 4.79 Å². The van der Waals surface area contributed by atoms with Gasteiger partial charge in [-0.15, -0.1) is 0 Å². The van der Waals surface area contributed by atoms with Crippen LogP contribution in [0.1, 0.15) is 42.1 Å². The molecule has 1 saturated carbocycles. The Hall–Kier alpha value is -1.35. The number of carbonyl (C=O) groups is 1. The Kier molecular flexibility index (Phi) is 4.37. The maximum Gasteiger partial charge on any atom is 0.254 e. The van der Waals surface area contributed by atoms with E-state index in [1.165, 1.54) is 12.0 Å². The summed E-state index contributed by atoms with van der Waals surface area (Å²) in [7, 11) is 0. The van der Waals surface area contributed by atoms with Crippen LogP contribution in [0.15, 0.2) is 24.3 Å². The molecule has 1 aliphatic rings. The number of aliphatic hydroxyl groups excluding tert-OH is 1. The van der Waals surface area contributed by atoms with Gasteiger partial charge in [0.2, 0.25) is 0 Å². The van der Waals surface area contributed by atoms with Gasteiger partial charge in [-0.25, -0.2) is 0 Å². The first-order valence-electron chi connectivity index (χ1n) is 6.77. The van der Waals surface area contributed by atoms with Crippen LogP contribution in [-0.4, -0.2) is 35.1 Å². The van der Waals surface area contributed by atoms with Gasteiger partial charge in [-0.1, -0.05) is 19.1 Å².